The highest BCUT2D eigenvalue weighted by Gasteiger charge is 2.18. The molecule has 80 valence electrons. The van der Waals surface area contributed by atoms with Crippen molar-refractivity contribution in [2.24, 2.45) is 0 Å². The van der Waals surface area contributed by atoms with Gasteiger partial charge in [0.05, 0.1) is 6.07 Å². The van der Waals surface area contributed by atoms with Crippen LogP contribution in [0.25, 0.3) is 0 Å². The molecular weight excluding hydrogens is 194 g/mol. The van der Waals surface area contributed by atoms with Gasteiger partial charge in [-0.05, 0) is 25.7 Å². The Morgan fingerprint density at radius 2 is 1.93 bits per heavy atom. The van der Waals surface area contributed by atoms with Crippen LogP contribution in [0.4, 0.5) is 0 Å². The molecule has 1 unspecified atom stereocenters. The molecule has 3 heteroatoms. The Labute approximate surface area is 89.1 Å². The van der Waals surface area contributed by atoms with Crippen LogP contribution < -0.4 is 0 Å². The van der Waals surface area contributed by atoms with Crippen molar-refractivity contribution in [3.63, 3.8) is 0 Å². The zero-order valence-electron chi connectivity index (χ0n) is 8.71. The Bertz CT molecular complexity index is 216. The summed E-state index contributed by atoms with van der Waals surface area (Å²) in [7, 11) is -0.619. The molecule has 0 aromatic heterocycles. The number of hydrogen-bond acceptors (Lipinski definition) is 2. The van der Waals surface area contributed by atoms with Gasteiger partial charge in [-0.2, -0.15) is 5.26 Å². The number of nitrogens with zero attached hydrogens (tertiary/aromatic N) is 1. The van der Waals surface area contributed by atoms with Crippen molar-refractivity contribution in [2.45, 2.75) is 56.6 Å². The summed E-state index contributed by atoms with van der Waals surface area (Å²) in [6.07, 6.45) is 8.63. The van der Waals surface area contributed by atoms with Gasteiger partial charge in [0.1, 0.15) is 0 Å². The van der Waals surface area contributed by atoms with Crippen LogP contribution in [0.3, 0.4) is 0 Å². The molecule has 0 radical (unpaired) electrons. The third-order valence-electron chi connectivity index (χ3n) is 2.81. The van der Waals surface area contributed by atoms with Crippen LogP contribution in [0.5, 0.6) is 0 Å². The van der Waals surface area contributed by atoms with E-state index in [1.54, 1.807) is 0 Å². The molecule has 1 aliphatic rings. The molecule has 0 aromatic carbocycles. The van der Waals surface area contributed by atoms with E-state index in [9.17, 15) is 4.21 Å². The van der Waals surface area contributed by atoms with Gasteiger partial charge in [0.15, 0.2) is 0 Å². The van der Waals surface area contributed by atoms with Crippen LogP contribution in [0.2, 0.25) is 0 Å². The highest BCUT2D eigenvalue weighted by Crippen LogP contribution is 2.22. The smallest absolute Gasteiger partial charge is 0.0621 e. The average Bonchev–Trinajstić information content (AvgIpc) is 2.25. The Morgan fingerprint density at radius 1 is 1.21 bits per heavy atom. The maximum atomic E-state index is 11.8. The van der Waals surface area contributed by atoms with E-state index in [0.29, 0.717) is 11.7 Å². The van der Waals surface area contributed by atoms with Crippen LogP contribution >= 0.6 is 0 Å². The van der Waals surface area contributed by atoms with Crippen molar-refractivity contribution < 1.29 is 4.21 Å². The van der Waals surface area contributed by atoms with Gasteiger partial charge in [-0.15, -0.1) is 0 Å². The molecule has 1 aliphatic carbocycles. The van der Waals surface area contributed by atoms with Crippen molar-refractivity contribution in [1.29, 1.82) is 5.26 Å². The largest absolute Gasteiger partial charge is 0.259 e. The first-order valence-corrected chi connectivity index (χ1v) is 6.97. The lowest BCUT2D eigenvalue weighted by Gasteiger charge is -2.20. The van der Waals surface area contributed by atoms with E-state index in [-0.39, 0.29) is 0 Å². The van der Waals surface area contributed by atoms with Gasteiger partial charge >= 0.3 is 0 Å². The molecule has 2 nitrogen and oxygen atoms in total. The van der Waals surface area contributed by atoms with E-state index >= 15 is 0 Å². The van der Waals surface area contributed by atoms with E-state index in [1.165, 1.54) is 19.3 Å². The third kappa shape index (κ3) is 4.23. The maximum Gasteiger partial charge on any atom is 0.0621 e. The van der Waals surface area contributed by atoms with Crippen LogP contribution in [0.1, 0.15) is 51.4 Å². The molecule has 0 aromatic rings. The van der Waals surface area contributed by atoms with E-state index in [1.807, 2.05) is 0 Å². The zero-order valence-corrected chi connectivity index (χ0v) is 9.52. The average molecular weight is 213 g/mol. The molecule has 0 bridgehead atoms. The fraction of sp³-hybridized carbons (Fsp3) is 0.909. The molecule has 1 fully saturated rings. The Balaban J connectivity index is 2.11. The van der Waals surface area contributed by atoms with E-state index in [0.717, 1.165) is 31.4 Å². The van der Waals surface area contributed by atoms with Gasteiger partial charge in [-0.1, -0.05) is 19.3 Å². The van der Waals surface area contributed by atoms with Crippen LogP contribution in [0, 0.1) is 11.3 Å². The summed E-state index contributed by atoms with van der Waals surface area (Å²) in [5, 5.41) is 8.82. The van der Waals surface area contributed by atoms with Crippen molar-refractivity contribution in [1.82, 2.24) is 0 Å². The lowest BCUT2D eigenvalue weighted by atomic mass is 10.0. The lowest BCUT2D eigenvalue weighted by Crippen LogP contribution is -2.20. The molecule has 0 heterocycles. The molecule has 1 saturated carbocycles. The Kier molecular flexibility index (Phi) is 5.86. The molecule has 0 aliphatic heterocycles. The summed E-state index contributed by atoms with van der Waals surface area (Å²) < 4.78 is 11.8. The standard InChI is InChI=1S/C11H19NOS/c12-9-5-2-6-10-14(13)11-7-3-1-4-8-11/h11H,1-8,10H2. The van der Waals surface area contributed by atoms with Gasteiger partial charge in [0.25, 0.3) is 0 Å². The minimum Gasteiger partial charge on any atom is -0.259 e. The van der Waals surface area contributed by atoms with Crippen LogP contribution in [0.15, 0.2) is 0 Å². The van der Waals surface area contributed by atoms with Crippen LogP contribution in [-0.2, 0) is 10.8 Å². The molecular formula is C11H19NOS. The fourth-order valence-electron chi connectivity index (χ4n) is 1.94. The Hall–Kier alpha value is -0.360. The van der Waals surface area contributed by atoms with Gasteiger partial charge in [0, 0.05) is 28.2 Å². The summed E-state index contributed by atoms with van der Waals surface area (Å²) >= 11 is 0. The molecule has 1 rings (SSSR count). The fourth-order valence-corrected chi connectivity index (χ4v) is 3.62. The van der Waals surface area contributed by atoms with E-state index in [2.05, 4.69) is 6.07 Å². The molecule has 0 N–H and O–H groups in total. The van der Waals surface area contributed by atoms with Crippen molar-refractivity contribution in [3.8, 4) is 6.07 Å². The van der Waals surface area contributed by atoms with Crippen LogP contribution in [-0.4, -0.2) is 15.2 Å². The zero-order chi connectivity index (χ0) is 10.2. The second-order valence-corrected chi connectivity index (χ2v) is 5.80. The summed E-state index contributed by atoms with van der Waals surface area (Å²) in [6.45, 7) is 0. The number of unbranched alkanes of at least 4 members (excludes halogenated alkanes) is 2. The van der Waals surface area contributed by atoms with Gasteiger partial charge < -0.3 is 0 Å². The molecule has 0 amide bonds. The van der Waals surface area contributed by atoms with E-state index < -0.39 is 10.8 Å². The highest BCUT2D eigenvalue weighted by molar-refractivity contribution is 7.85. The summed E-state index contributed by atoms with van der Waals surface area (Å²) in [5.74, 6) is 0.812. The number of hydrogen-bond donors (Lipinski definition) is 0. The molecule has 0 spiro atoms. The van der Waals surface area contributed by atoms with Crippen molar-refractivity contribution in [3.05, 3.63) is 0 Å². The summed E-state index contributed by atoms with van der Waals surface area (Å²) in [6, 6.07) is 2.12. The first-order chi connectivity index (χ1) is 6.84. The van der Waals surface area contributed by atoms with Gasteiger partial charge in [0.2, 0.25) is 0 Å². The monoisotopic (exact) mass is 213 g/mol. The molecule has 0 saturated heterocycles. The summed E-state index contributed by atoms with van der Waals surface area (Å²) in [4.78, 5) is 0. The highest BCUT2D eigenvalue weighted by atomic mass is 32.2. The summed E-state index contributed by atoms with van der Waals surface area (Å²) in [5.41, 5.74) is 0. The van der Waals surface area contributed by atoms with Gasteiger partial charge in [-0.25, -0.2) is 0 Å². The second kappa shape index (κ2) is 7.00. The minimum atomic E-state index is -0.619. The minimum absolute atomic E-state index is 0.464. The predicted octanol–water partition coefficient (Wildman–Crippen LogP) is 2.76. The maximum absolute atomic E-state index is 11.8. The first kappa shape index (κ1) is 11.7. The molecule has 1 atom stereocenters. The normalized spacial score (nSPS) is 20.2. The quantitative estimate of drug-likeness (QED) is 0.659. The number of rotatable bonds is 5. The molecule has 14 heavy (non-hydrogen) atoms. The third-order valence-corrected chi connectivity index (χ3v) is 4.71. The van der Waals surface area contributed by atoms with Gasteiger partial charge in [-0.3, -0.25) is 4.21 Å². The SMILES string of the molecule is N#CCCCCS(=O)C1CCCCC1. The number of nitriles is 1. The predicted molar refractivity (Wildman–Crippen MR) is 59.3 cm³/mol. The Morgan fingerprint density at radius 3 is 2.57 bits per heavy atom. The van der Waals surface area contributed by atoms with Crippen molar-refractivity contribution >= 4 is 10.8 Å². The second-order valence-electron chi connectivity index (χ2n) is 3.96. The lowest BCUT2D eigenvalue weighted by molar-refractivity contribution is 0.504. The van der Waals surface area contributed by atoms with Crippen molar-refractivity contribution in [2.75, 3.05) is 5.75 Å². The van der Waals surface area contributed by atoms with E-state index in [4.69, 9.17) is 5.26 Å². The topological polar surface area (TPSA) is 40.9 Å². The first-order valence-electron chi connectivity index (χ1n) is 5.58.